The number of rotatable bonds is 8. The van der Waals surface area contributed by atoms with E-state index < -0.39 is 11.9 Å². The summed E-state index contributed by atoms with van der Waals surface area (Å²) in [6.07, 6.45) is -0.539. The van der Waals surface area contributed by atoms with Crippen molar-refractivity contribution in [3.63, 3.8) is 0 Å². The van der Waals surface area contributed by atoms with Crippen LogP contribution in [0.2, 0.25) is 10.0 Å². The van der Waals surface area contributed by atoms with Crippen LogP contribution in [-0.2, 0) is 4.79 Å². The van der Waals surface area contributed by atoms with Gasteiger partial charge in [-0.2, -0.15) is 0 Å². The largest absolute Gasteiger partial charge is 0.480 e. The van der Waals surface area contributed by atoms with Gasteiger partial charge in [-0.15, -0.1) is 10.2 Å². The quantitative estimate of drug-likeness (QED) is 0.388. The molecule has 0 bridgehead atoms. The van der Waals surface area contributed by atoms with Gasteiger partial charge in [0.05, 0.1) is 16.5 Å². The van der Waals surface area contributed by atoms with Crippen molar-refractivity contribution in [2.75, 3.05) is 11.1 Å². The highest BCUT2D eigenvalue weighted by Crippen LogP contribution is 2.29. The molecule has 3 rings (SSSR count). The molecule has 0 aliphatic carbocycles. The summed E-state index contributed by atoms with van der Waals surface area (Å²) in [6, 6.07) is 11.0. The minimum absolute atomic E-state index is 0.00735. The first kappa shape index (κ1) is 23.4. The second-order valence-electron chi connectivity index (χ2n) is 6.96. The second kappa shape index (κ2) is 10.3. The van der Waals surface area contributed by atoms with Crippen LogP contribution in [0.25, 0.3) is 0 Å². The Morgan fingerprint density at radius 3 is 2.61 bits per heavy atom. The summed E-state index contributed by atoms with van der Waals surface area (Å²) in [7, 11) is 0. The lowest BCUT2D eigenvalue weighted by Crippen LogP contribution is -2.17. The number of aromatic nitrogens is 3. The topological polar surface area (TPSA) is 69.0 Å². The molecule has 0 radical (unpaired) electrons. The van der Waals surface area contributed by atoms with Crippen LogP contribution in [0.1, 0.15) is 38.7 Å². The van der Waals surface area contributed by atoms with Crippen molar-refractivity contribution in [2.45, 2.75) is 38.1 Å². The van der Waals surface area contributed by atoms with Gasteiger partial charge in [0.25, 0.3) is 0 Å². The number of carbonyl (C=O) groups is 1. The van der Waals surface area contributed by atoms with E-state index in [1.54, 1.807) is 43.3 Å². The summed E-state index contributed by atoms with van der Waals surface area (Å²) in [5.74, 6) is 0.0947. The maximum atomic E-state index is 13.9. The number of anilines is 1. The number of para-hydroxylation sites is 1. The number of benzene rings is 2. The fraction of sp³-hybridized carbons (Fsp3) is 0.286. The van der Waals surface area contributed by atoms with Gasteiger partial charge in [0.1, 0.15) is 0 Å². The molecule has 1 N–H and O–H groups in total. The van der Waals surface area contributed by atoms with Crippen molar-refractivity contribution in [3.05, 3.63) is 64.2 Å². The standard InChI is InChI=1S/C21H21Cl2FN4O2S/c1-12(2)28-20(13(3)30-18-7-5-4-6-16(18)24)26-27-21(28)31-11-19(29)25-17-9-8-14(22)10-15(17)23/h4-10,12-13H,11H2,1-3H3,(H,25,29). The predicted molar refractivity (Wildman–Crippen MR) is 122 cm³/mol. The molecular formula is C21H21Cl2FN4O2S. The summed E-state index contributed by atoms with van der Waals surface area (Å²) in [5, 5.41) is 12.6. The van der Waals surface area contributed by atoms with Crippen molar-refractivity contribution in [1.82, 2.24) is 14.8 Å². The summed E-state index contributed by atoms with van der Waals surface area (Å²) in [4.78, 5) is 12.4. The van der Waals surface area contributed by atoms with Gasteiger partial charge in [0.2, 0.25) is 5.91 Å². The fourth-order valence-corrected chi connectivity index (χ4v) is 4.17. The Morgan fingerprint density at radius 1 is 1.19 bits per heavy atom. The summed E-state index contributed by atoms with van der Waals surface area (Å²) < 4.78 is 21.6. The highest BCUT2D eigenvalue weighted by atomic mass is 35.5. The lowest BCUT2D eigenvalue weighted by atomic mass is 10.3. The highest BCUT2D eigenvalue weighted by Gasteiger charge is 2.23. The van der Waals surface area contributed by atoms with E-state index in [-0.39, 0.29) is 23.5 Å². The minimum Gasteiger partial charge on any atom is -0.480 e. The molecule has 1 atom stereocenters. The van der Waals surface area contributed by atoms with E-state index in [0.717, 1.165) is 0 Å². The lowest BCUT2D eigenvalue weighted by Gasteiger charge is -2.19. The van der Waals surface area contributed by atoms with Crippen molar-refractivity contribution in [2.24, 2.45) is 0 Å². The number of thioether (sulfide) groups is 1. The highest BCUT2D eigenvalue weighted by molar-refractivity contribution is 7.99. The number of halogens is 3. The van der Waals surface area contributed by atoms with Crippen LogP contribution in [0.3, 0.4) is 0 Å². The van der Waals surface area contributed by atoms with E-state index >= 15 is 0 Å². The lowest BCUT2D eigenvalue weighted by molar-refractivity contribution is -0.113. The van der Waals surface area contributed by atoms with Crippen LogP contribution in [0, 0.1) is 5.82 Å². The zero-order valence-corrected chi connectivity index (χ0v) is 19.4. The second-order valence-corrected chi connectivity index (χ2v) is 8.74. The Labute approximate surface area is 194 Å². The molecule has 0 saturated heterocycles. The molecular weight excluding hydrogens is 462 g/mol. The van der Waals surface area contributed by atoms with E-state index in [1.807, 2.05) is 18.4 Å². The van der Waals surface area contributed by atoms with E-state index in [0.29, 0.717) is 26.7 Å². The molecule has 0 saturated carbocycles. The molecule has 0 aliphatic heterocycles. The van der Waals surface area contributed by atoms with Gasteiger partial charge in [0.15, 0.2) is 28.7 Å². The van der Waals surface area contributed by atoms with Gasteiger partial charge in [0, 0.05) is 11.1 Å². The Bertz CT molecular complexity index is 1080. The van der Waals surface area contributed by atoms with E-state index in [9.17, 15) is 9.18 Å². The molecule has 164 valence electrons. The molecule has 0 spiro atoms. The summed E-state index contributed by atoms with van der Waals surface area (Å²) in [6.45, 7) is 5.72. The van der Waals surface area contributed by atoms with E-state index in [4.69, 9.17) is 27.9 Å². The Hall–Kier alpha value is -2.29. The third kappa shape index (κ3) is 5.90. The van der Waals surface area contributed by atoms with Crippen LogP contribution >= 0.6 is 35.0 Å². The Kier molecular flexibility index (Phi) is 7.80. The first-order chi connectivity index (χ1) is 14.8. The minimum atomic E-state index is -0.539. The van der Waals surface area contributed by atoms with Crippen LogP contribution in [0.15, 0.2) is 47.6 Å². The molecule has 1 heterocycles. The molecule has 3 aromatic rings. The van der Waals surface area contributed by atoms with Gasteiger partial charge in [-0.25, -0.2) is 4.39 Å². The number of nitrogens with one attached hydrogen (secondary N) is 1. The normalized spacial score (nSPS) is 12.1. The molecule has 1 unspecified atom stereocenters. The molecule has 10 heteroatoms. The Morgan fingerprint density at radius 2 is 1.94 bits per heavy atom. The summed E-state index contributed by atoms with van der Waals surface area (Å²) in [5.41, 5.74) is 0.481. The van der Waals surface area contributed by atoms with Gasteiger partial charge < -0.3 is 14.6 Å². The van der Waals surface area contributed by atoms with Crippen LogP contribution in [0.4, 0.5) is 10.1 Å². The number of ether oxygens (including phenoxy) is 1. The van der Waals surface area contributed by atoms with Crippen LogP contribution < -0.4 is 10.1 Å². The number of amides is 1. The molecule has 6 nitrogen and oxygen atoms in total. The van der Waals surface area contributed by atoms with Crippen molar-refractivity contribution < 1.29 is 13.9 Å². The van der Waals surface area contributed by atoms with Crippen molar-refractivity contribution in [1.29, 1.82) is 0 Å². The smallest absolute Gasteiger partial charge is 0.234 e. The molecule has 1 aromatic heterocycles. The van der Waals surface area contributed by atoms with E-state index in [2.05, 4.69) is 15.5 Å². The molecule has 31 heavy (non-hydrogen) atoms. The fourth-order valence-electron chi connectivity index (χ4n) is 2.84. The first-order valence-electron chi connectivity index (χ1n) is 9.50. The summed E-state index contributed by atoms with van der Waals surface area (Å²) >= 11 is 13.2. The van der Waals surface area contributed by atoms with Crippen LogP contribution in [0.5, 0.6) is 5.75 Å². The molecule has 0 aliphatic rings. The Balaban J connectivity index is 1.70. The van der Waals surface area contributed by atoms with E-state index in [1.165, 1.54) is 17.8 Å². The predicted octanol–water partition coefficient (Wildman–Crippen LogP) is 6.18. The van der Waals surface area contributed by atoms with Crippen LogP contribution in [-0.4, -0.2) is 26.4 Å². The van der Waals surface area contributed by atoms with Crippen molar-refractivity contribution in [3.8, 4) is 5.75 Å². The molecule has 2 aromatic carbocycles. The van der Waals surface area contributed by atoms with Gasteiger partial charge >= 0.3 is 0 Å². The SMILES string of the molecule is CC(Oc1ccccc1F)c1nnc(SCC(=O)Nc2ccc(Cl)cc2Cl)n1C(C)C. The third-order valence-corrected chi connectivity index (χ3v) is 5.74. The third-order valence-electron chi connectivity index (χ3n) is 4.25. The number of nitrogens with zero attached hydrogens (tertiary/aromatic N) is 3. The molecule has 0 fully saturated rings. The van der Waals surface area contributed by atoms with Gasteiger partial charge in [-0.3, -0.25) is 4.79 Å². The van der Waals surface area contributed by atoms with Crippen molar-refractivity contribution >= 4 is 46.6 Å². The van der Waals surface area contributed by atoms with Gasteiger partial charge in [-0.1, -0.05) is 47.1 Å². The first-order valence-corrected chi connectivity index (χ1v) is 11.2. The number of carbonyl (C=O) groups excluding carboxylic acids is 1. The zero-order chi connectivity index (χ0) is 22.5. The average Bonchev–Trinajstić information content (AvgIpc) is 3.15. The number of hydrogen-bond acceptors (Lipinski definition) is 5. The maximum Gasteiger partial charge on any atom is 0.234 e. The number of hydrogen-bond donors (Lipinski definition) is 1. The average molecular weight is 483 g/mol. The van der Waals surface area contributed by atoms with Gasteiger partial charge in [-0.05, 0) is 51.1 Å². The zero-order valence-electron chi connectivity index (χ0n) is 17.1. The maximum absolute atomic E-state index is 13.9. The molecule has 1 amide bonds. The monoisotopic (exact) mass is 482 g/mol.